The number of fused-ring (bicyclic) bond motifs is 16. The van der Waals surface area contributed by atoms with Crippen molar-refractivity contribution in [2.75, 3.05) is 13.2 Å². The number of hydrogen-bond acceptors (Lipinski definition) is 12. The normalized spacial score (nSPS) is 53.4. The molecule has 2 unspecified atom stereocenters. The lowest BCUT2D eigenvalue weighted by molar-refractivity contribution is -0.189. The van der Waals surface area contributed by atoms with Crippen LogP contribution < -0.4 is 0 Å². The zero-order chi connectivity index (χ0) is 67.9. The third-order valence-corrected chi connectivity index (χ3v) is 32.7. The molecule has 92 heavy (non-hydrogen) atoms. The van der Waals surface area contributed by atoms with Gasteiger partial charge in [-0.2, -0.15) is 0 Å². The van der Waals surface area contributed by atoms with Gasteiger partial charge in [-0.15, -0.1) is 26.3 Å². The van der Waals surface area contributed by atoms with E-state index in [-0.39, 0.29) is 87.8 Å². The van der Waals surface area contributed by atoms with Crippen LogP contribution in [0.25, 0.3) is 0 Å². The largest absolute Gasteiger partial charge is 0.393 e. The van der Waals surface area contributed by atoms with Crippen LogP contribution in [0.15, 0.2) is 50.6 Å². The first-order chi connectivity index (χ1) is 42.4. The van der Waals surface area contributed by atoms with Gasteiger partial charge in [-0.1, -0.05) is 93.5 Å². The Morgan fingerprint density at radius 2 is 0.728 bits per heavy atom. The maximum absolute atomic E-state index is 12.5. The van der Waals surface area contributed by atoms with Crippen molar-refractivity contribution in [1.82, 2.24) is 0 Å². The number of Topliss-reactive ketones (excluding diaryl/α,β-unsaturated/α-hetero) is 1. The van der Waals surface area contributed by atoms with E-state index in [0.717, 1.165) is 107 Å². The molecule has 0 aromatic heterocycles. The summed E-state index contributed by atoms with van der Waals surface area (Å²) < 4.78 is 25.7. The molecule has 0 aromatic carbocycles. The fourth-order valence-electron chi connectivity index (χ4n) is 26.2. The minimum absolute atomic E-state index is 0.0482. The molecule has 0 aromatic rings. The first-order valence-electron chi connectivity index (χ1n) is 37.0. The summed E-state index contributed by atoms with van der Waals surface area (Å²) in [5.74, 6) is 6.56. The molecule has 10 saturated carbocycles. The summed E-state index contributed by atoms with van der Waals surface area (Å²) in [6.45, 7) is 50.4. The highest BCUT2D eigenvalue weighted by atomic mass is 16.5. The number of ketones is 1. The molecule has 7 N–H and O–H groups in total. The highest BCUT2D eigenvalue weighted by molar-refractivity contribution is 5.85. The zero-order valence-electron chi connectivity index (χ0n) is 60.4. The van der Waals surface area contributed by atoms with Crippen molar-refractivity contribution in [1.29, 1.82) is 0 Å². The number of rotatable bonds is 10. The van der Waals surface area contributed by atoms with E-state index in [1.807, 2.05) is 0 Å². The monoisotopic (exact) mass is 1280 g/mol. The van der Waals surface area contributed by atoms with Gasteiger partial charge in [-0.3, -0.25) is 4.79 Å². The predicted octanol–water partition coefficient (Wildman–Crippen LogP) is 14.2. The third-order valence-electron chi connectivity index (χ3n) is 32.7. The minimum atomic E-state index is -1.31. The van der Waals surface area contributed by atoms with Gasteiger partial charge in [0, 0.05) is 11.8 Å². The van der Waals surface area contributed by atoms with Crippen LogP contribution in [0.1, 0.15) is 252 Å². The van der Waals surface area contributed by atoms with E-state index < -0.39 is 22.4 Å². The molecule has 14 aliphatic rings. The van der Waals surface area contributed by atoms with Gasteiger partial charge in [0.2, 0.25) is 0 Å². The number of carbonyl (C=O) groups excluding carboxylic acids is 1. The standard InChI is InChI=1S/2C20H32O3.C20H34O3.C20H32O3/c2*1-5-20(22,12-21)16-10-15-17(2)8-6-13-11-18(13,3)14(17)7-9-19(15,4)23-16;2*1-7-19(5,22)16-12-14-18(4)10-9-15(21)17(2,3)13(18)8-11-20(14,6)23-16/h2*5,13-16,21-22H,1,6-12H2,2-4H3;7,13-16,21-22H,1,8-12H2,2-6H3;7,13-14,16,22H,1,8-12H2,2-6H3/t13?,14-,15-,16+,17+,18-,19-,20+;13?,14-,15-,16-,17+,18-,19-,20-;13-,14+,15-,16+,18-,19-,20+;13-,14+,16+,18-,19-,20+/m1100/s1. The smallest absolute Gasteiger partial charge is 0.138 e. The summed E-state index contributed by atoms with van der Waals surface area (Å²) in [6.07, 6.45) is 28.7. The number of aliphatic hydroxyl groups excluding tert-OH is 3. The van der Waals surface area contributed by atoms with E-state index in [1.54, 1.807) is 26.0 Å². The second kappa shape index (κ2) is 22.9. The fourth-order valence-corrected chi connectivity index (χ4v) is 26.2. The van der Waals surface area contributed by atoms with Gasteiger partial charge in [-0.05, 0) is 273 Å². The van der Waals surface area contributed by atoms with Gasteiger partial charge in [-0.25, -0.2) is 0 Å². The molecule has 4 saturated heterocycles. The number of hydrogen-bond donors (Lipinski definition) is 7. The predicted molar refractivity (Wildman–Crippen MR) is 363 cm³/mol. The molecular weight excluding hydrogens is 1150 g/mol. The molecule has 29 atom stereocenters. The average molecular weight is 1280 g/mol. The Labute approximate surface area is 556 Å². The number of carbonyl (C=O) groups is 1. The molecule has 14 rings (SSSR count). The van der Waals surface area contributed by atoms with Crippen molar-refractivity contribution >= 4 is 5.78 Å². The zero-order valence-corrected chi connectivity index (χ0v) is 60.4. The summed E-state index contributed by atoms with van der Waals surface area (Å²) in [5.41, 5.74) is -3.58. The Hall–Kier alpha value is -1.81. The van der Waals surface area contributed by atoms with Crippen LogP contribution in [-0.2, 0) is 23.7 Å². The second-order valence-corrected chi connectivity index (χ2v) is 38.2. The Kier molecular flexibility index (Phi) is 17.8. The van der Waals surface area contributed by atoms with Crippen molar-refractivity contribution in [3.05, 3.63) is 50.6 Å². The van der Waals surface area contributed by atoms with Crippen molar-refractivity contribution in [2.24, 2.45) is 102 Å². The van der Waals surface area contributed by atoms with E-state index in [1.165, 1.54) is 63.5 Å². The second-order valence-electron chi connectivity index (χ2n) is 38.2. The molecule has 14 fully saturated rings. The molecule has 12 nitrogen and oxygen atoms in total. The van der Waals surface area contributed by atoms with E-state index >= 15 is 0 Å². The van der Waals surface area contributed by atoms with Crippen LogP contribution in [-0.4, -0.2) is 130 Å². The van der Waals surface area contributed by atoms with Crippen molar-refractivity contribution in [3.63, 3.8) is 0 Å². The van der Waals surface area contributed by atoms with Gasteiger partial charge in [0.25, 0.3) is 0 Å². The lowest BCUT2D eigenvalue weighted by atomic mass is 9.45. The molecule has 522 valence electrons. The average Bonchev–Trinajstić information content (AvgIpc) is 1.50. The Morgan fingerprint density at radius 1 is 0.413 bits per heavy atom. The highest BCUT2D eigenvalue weighted by Gasteiger charge is 2.73. The lowest BCUT2D eigenvalue weighted by Gasteiger charge is -2.61. The number of ether oxygens (including phenoxy) is 4. The van der Waals surface area contributed by atoms with Crippen molar-refractivity contribution in [3.8, 4) is 0 Å². The van der Waals surface area contributed by atoms with Crippen molar-refractivity contribution < 1.29 is 59.5 Å². The van der Waals surface area contributed by atoms with Crippen LogP contribution in [0.3, 0.4) is 0 Å². The van der Waals surface area contributed by atoms with E-state index in [2.05, 4.69) is 123 Å². The summed E-state index contributed by atoms with van der Waals surface area (Å²) in [4.78, 5) is 12.5. The van der Waals surface area contributed by atoms with Crippen LogP contribution >= 0.6 is 0 Å². The van der Waals surface area contributed by atoms with Crippen LogP contribution in [0.5, 0.6) is 0 Å². The van der Waals surface area contributed by atoms with Gasteiger partial charge in [0.1, 0.15) is 28.2 Å². The molecule has 0 spiro atoms. The molecule has 12 heteroatoms. The molecule has 0 bridgehead atoms. The topological polar surface area (TPSA) is 196 Å². The Balaban J connectivity index is 0.000000126. The summed E-state index contributed by atoms with van der Waals surface area (Å²) in [6, 6.07) is 0. The molecular formula is C80H130O12. The molecule has 10 aliphatic carbocycles. The first kappa shape index (κ1) is 71.5. The lowest BCUT2D eigenvalue weighted by Crippen LogP contribution is -2.59. The SMILES string of the molecule is C=C[C@@](O)(CO)[C@H]1C[C@@H]2[C@@]3(C)CCC4C[C@@]4(C)[C@@H]3CC[C@@]2(C)O1.C=C[C@](C)(O)[C@H]1C[C@@H]2[C@@]3(C)CCC(=O)C(C)(C)[C@@H]3CC[C@@]2(C)O1.C=C[C@](C)(O)[C@H]1C[C@@H]2[C@@]3(C)CC[C@H](O)C(C)(C)[C@@H]3CC[C@@]2(C)O1.C=C[C@](O)(CO)[C@@H]1C[C@@H]2[C@@]3(C)CCC4C[C@@]4(C)[C@@H]3CC[C@@]2(C)O1. The third kappa shape index (κ3) is 10.7. The van der Waals surface area contributed by atoms with Crippen molar-refractivity contribution in [2.45, 2.75) is 327 Å². The van der Waals surface area contributed by atoms with Crippen LogP contribution in [0, 0.1) is 102 Å². The Morgan fingerprint density at radius 3 is 1.09 bits per heavy atom. The van der Waals surface area contributed by atoms with Crippen LogP contribution in [0.4, 0.5) is 0 Å². The quantitative estimate of drug-likeness (QED) is 0.102. The maximum atomic E-state index is 12.5. The van der Waals surface area contributed by atoms with Gasteiger partial charge >= 0.3 is 0 Å². The van der Waals surface area contributed by atoms with Crippen LogP contribution in [0.2, 0.25) is 0 Å². The summed E-state index contributed by atoms with van der Waals surface area (Å²) in [7, 11) is 0. The van der Waals surface area contributed by atoms with E-state index in [4.69, 9.17) is 18.9 Å². The molecule has 0 radical (unpaired) electrons. The highest BCUT2D eigenvalue weighted by Crippen LogP contribution is 2.77. The first-order valence-corrected chi connectivity index (χ1v) is 37.0. The van der Waals surface area contributed by atoms with E-state index in [0.29, 0.717) is 69.4 Å². The summed E-state index contributed by atoms with van der Waals surface area (Å²) >= 11 is 0. The van der Waals surface area contributed by atoms with E-state index in [9.17, 15) is 40.5 Å². The van der Waals surface area contributed by atoms with Gasteiger partial charge < -0.3 is 54.7 Å². The number of aliphatic hydroxyl groups is 7. The Bertz CT molecular complexity index is 2750. The fraction of sp³-hybridized carbons (Fsp3) is 0.887. The maximum Gasteiger partial charge on any atom is 0.138 e. The molecule has 4 aliphatic heterocycles. The van der Waals surface area contributed by atoms with Gasteiger partial charge in [0.15, 0.2) is 0 Å². The van der Waals surface area contributed by atoms with Gasteiger partial charge in [0.05, 0.1) is 66.1 Å². The molecule has 0 amide bonds. The summed E-state index contributed by atoms with van der Waals surface area (Å²) in [5, 5.41) is 72.4. The minimum Gasteiger partial charge on any atom is -0.393 e. The molecule has 4 heterocycles.